The average Bonchev–Trinajstić information content (AvgIpc) is 2.83. The van der Waals surface area contributed by atoms with E-state index in [1.165, 1.54) is 4.90 Å². The van der Waals surface area contributed by atoms with Crippen LogP contribution in [0.15, 0.2) is 0 Å². The lowest BCUT2D eigenvalue weighted by Gasteiger charge is -2.15. The summed E-state index contributed by atoms with van der Waals surface area (Å²) in [6.45, 7) is 11.3. The van der Waals surface area contributed by atoms with Crippen LogP contribution in [0.4, 0.5) is 0 Å². The summed E-state index contributed by atoms with van der Waals surface area (Å²) < 4.78 is 0. The summed E-state index contributed by atoms with van der Waals surface area (Å²) >= 11 is 0. The summed E-state index contributed by atoms with van der Waals surface area (Å²) in [5.41, 5.74) is 9.87. The van der Waals surface area contributed by atoms with E-state index in [-0.39, 0.29) is 6.04 Å². The molecule has 4 N–H and O–H groups in total. The Hall–Kier alpha value is -1.10. The van der Waals surface area contributed by atoms with Crippen molar-refractivity contribution in [2.24, 2.45) is 11.5 Å². The monoisotopic (exact) mass is 247 g/mol. The summed E-state index contributed by atoms with van der Waals surface area (Å²) in [4.78, 5) is 22.3. The van der Waals surface area contributed by atoms with Gasteiger partial charge in [-0.3, -0.25) is 9.59 Å². The second kappa shape index (κ2) is 17.3. The number of likely N-dealkylation sites (tertiary alicyclic amines) is 1. The fourth-order valence-electron chi connectivity index (χ4n) is 1.22. The van der Waals surface area contributed by atoms with Gasteiger partial charge in [0.2, 0.25) is 12.3 Å². The van der Waals surface area contributed by atoms with Gasteiger partial charge in [0, 0.05) is 6.54 Å². The van der Waals surface area contributed by atoms with E-state index in [0.717, 1.165) is 13.0 Å². The van der Waals surface area contributed by atoms with E-state index in [4.69, 9.17) is 11.5 Å². The predicted octanol–water partition coefficient (Wildman–Crippen LogP) is 1.11. The highest BCUT2D eigenvalue weighted by molar-refractivity contribution is 5.82. The first-order chi connectivity index (χ1) is 8.17. The molecule has 0 aromatic heterocycles. The Kier molecular flexibility index (Phi) is 21.6. The van der Waals surface area contributed by atoms with E-state index in [1.54, 1.807) is 0 Å². The lowest BCUT2D eigenvalue weighted by Crippen LogP contribution is -2.39. The minimum absolute atomic E-state index is 0.350. The molecule has 5 heteroatoms. The highest BCUT2D eigenvalue weighted by atomic mass is 16.2. The minimum atomic E-state index is -0.399. The normalized spacial score (nSPS) is 16.4. The van der Waals surface area contributed by atoms with Crippen molar-refractivity contribution >= 4 is 12.3 Å². The van der Waals surface area contributed by atoms with Gasteiger partial charge in [0.25, 0.3) is 0 Å². The standard InChI is InChI=1S/C6H10N2O2.C2H7N.2C2H6/c7-6(10)5-2-1-3-8(5)4-9;1-2-3;2*1-2/h4-5H,1-3H2,(H2,7,10);2-3H2,1H3;2*1-2H3/t5-;;;/m0.../s1. The lowest BCUT2D eigenvalue weighted by atomic mass is 10.2. The molecule has 1 fully saturated rings. The molecule has 1 atom stereocenters. The molecule has 0 spiro atoms. The number of nitrogens with two attached hydrogens (primary N) is 2. The highest BCUT2D eigenvalue weighted by Crippen LogP contribution is 2.13. The van der Waals surface area contributed by atoms with Crippen LogP contribution < -0.4 is 11.5 Å². The van der Waals surface area contributed by atoms with Gasteiger partial charge in [-0.1, -0.05) is 34.6 Å². The first-order valence-electron chi connectivity index (χ1n) is 6.37. The molecule has 1 aliphatic heterocycles. The number of nitrogens with zero attached hydrogens (tertiary/aromatic N) is 1. The quantitative estimate of drug-likeness (QED) is 0.716. The molecule has 0 bridgehead atoms. The maximum atomic E-state index is 10.6. The van der Waals surface area contributed by atoms with Crippen LogP contribution in [-0.2, 0) is 9.59 Å². The van der Waals surface area contributed by atoms with Crippen LogP contribution in [0.5, 0.6) is 0 Å². The Labute approximate surface area is 106 Å². The molecule has 0 unspecified atom stereocenters. The van der Waals surface area contributed by atoms with Gasteiger partial charge >= 0.3 is 0 Å². The molecule has 0 saturated carbocycles. The van der Waals surface area contributed by atoms with Crippen molar-refractivity contribution in [3.8, 4) is 0 Å². The molecule has 1 rings (SSSR count). The summed E-state index contributed by atoms with van der Waals surface area (Å²) in [5.74, 6) is -0.399. The maximum Gasteiger partial charge on any atom is 0.240 e. The van der Waals surface area contributed by atoms with Gasteiger partial charge in [0.1, 0.15) is 6.04 Å². The molecule has 17 heavy (non-hydrogen) atoms. The van der Waals surface area contributed by atoms with E-state index in [9.17, 15) is 9.59 Å². The Bertz CT molecular complexity index is 175. The molecule has 1 heterocycles. The van der Waals surface area contributed by atoms with Gasteiger partial charge in [0.05, 0.1) is 0 Å². The molecule has 1 saturated heterocycles. The fraction of sp³-hybridized carbons (Fsp3) is 0.833. The van der Waals surface area contributed by atoms with E-state index in [2.05, 4.69) is 0 Å². The van der Waals surface area contributed by atoms with Gasteiger partial charge in [-0.25, -0.2) is 0 Å². The van der Waals surface area contributed by atoms with Crippen molar-refractivity contribution in [3.05, 3.63) is 0 Å². The van der Waals surface area contributed by atoms with Crippen LogP contribution >= 0.6 is 0 Å². The SMILES string of the molecule is CC.CC.CCN.NC(=O)[C@@H]1CCCN1C=O. The van der Waals surface area contributed by atoms with E-state index in [0.29, 0.717) is 19.4 Å². The van der Waals surface area contributed by atoms with Crippen molar-refractivity contribution in [1.29, 1.82) is 0 Å². The first-order valence-corrected chi connectivity index (χ1v) is 6.37. The van der Waals surface area contributed by atoms with E-state index >= 15 is 0 Å². The summed E-state index contributed by atoms with van der Waals surface area (Å²) in [7, 11) is 0. The van der Waals surface area contributed by atoms with Crippen molar-refractivity contribution in [2.75, 3.05) is 13.1 Å². The third kappa shape index (κ3) is 11.2. The summed E-state index contributed by atoms with van der Waals surface area (Å²) in [6.07, 6.45) is 2.28. The fourth-order valence-corrected chi connectivity index (χ4v) is 1.22. The van der Waals surface area contributed by atoms with Gasteiger partial charge in [-0.2, -0.15) is 0 Å². The number of primary amides is 1. The average molecular weight is 247 g/mol. The van der Waals surface area contributed by atoms with Crippen LogP contribution in [0.25, 0.3) is 0 Å². The highest BCUT2D eigenvalue weighted by Gasteiger charge is 2.27. The van der Waals surface area contributed by atoms with E-state index < -0.39 is 5.91 Å². The van der Waals surface area contributed by atoms with Crippen molar-refractivity contribution in [1.82, 2.24) is 4.90 Å². The van der Waals surface area contributed by atoms with Crippen molar-refractivity contribution < 1.29 is 9.59 Å². The number of hydrogen-bond acceptors (Lipinski definition) is 3. The topological polar surface area (TPSA) is 89.4 Å². The third-order valence-corrected chi connectivity index (χ3v) is 1.76. The van der Waals surface area contributed by atoms with Gasteiger partial charge in [-0.15, -0.1) is 0 Å². The molecule has 5 nitrogen and oxygen atoms in total. The second-order valence-electron chi connectivity index (χ2n) is 2.81. The Morgan fingerprint density at radius 2 is 1.76 bits per heavy atom. The van der Waals surface area contributed by atoms with Crippen LogP contribution in [-0.4, -0.2) is 36.3 Å². The lowest BCUT2D eigenvalue weighted by molar-refractivity contribution is -0.128. The van der Waals surface area contributed by atoms with Gasteiger partial charge < -0.3 is 16.4 Å². The number of hydrogen-bond donors (Lipinski definition) is 2. The molecule has 0 aliphatic carbocycles. The first kappa shape index (κ1) is 21.2. The molecule has 2 amide bonds. The molecular formula is C12H29N3O2. The Balaban J connectivity index is -0.000000239. The predicted molar refractivity (Wildman–Crippen MR) is 72.4 cm³/mol. The largest absolute Gasteiger partial charge is 0.368 e. The number of rotatable bonds is 2. The van der Waals surface area contributed by atoms with Crippen molar-refractivity contribution in [3.63, 3.8) is 0 Å². The zero-order valence-electron chi connectivity index (χ0n) is 11.9. The zero-order chi connectivity index (χ0) is 14.3. The Morgan fingerprint density at radius 1 is 1.35 bits per heavy atom. The molecule has 0 aromatic carbocycles. The number of carbonyl (C=O) groups is 2. The number of amides is 2. The molecule has 0 radical (unpaired) electrons. The van der Waals surface area contributed by atoms with Gasteiger partial charge in [0.15, 0.2) is 0 Å². The smallest absolute Gasteiger partial charge is 0.240 e. The van der Waals surface area contributed by atoms with Crippen molar-refractivity contribution in [2.45, 2.75) is 53.5 Å². The molecule has 1 aliphatic rings. The minimum Gasteiger partial charge on any atom is -0.368 e. The third-order valence-electron chi connectivity index (χ3n) is 1.76. The van der Waals surface area contributed by atoms with Crippen LogP contribution in [0.1, 0.15) is 47.5 Å². The molecule has 104 valence electrons. The molecular weight excluding hydrogens is 218 g/mol. The zero-order valence-corrected chi connectivity index (χ0v) is 11.9. The van der Waals surface area contributed by atoms with E-state index in [1.807, 2.05) is 34.6 Å². The number of carbonyl (C=O) groups excluding carboxylic acids is 2. The van der Waals surface area contributed by atoms with Crippen LogP contribution in [0.2, 0.25) is 0 Å². The Morgan fingerprint density at radius 3 is 2.00 bits per heavy atom. The maximum absolute atomic E-state index is 10.6. The summed E-state index contributed by atoms with van der Waals surface area (Å²) in [6, 6.07) is -0.350. The van der Waals surface area contributed by atoms with Crippen LogP contribution in [0.3, 0.4) is 0 Å². The molecule has 0 aromatic rings. The van der Waals surface area contributed by atoms with Gasteiger partial charge in [-0.05, 0) is 19.4 Å². The van der Waals surface area contributed by atoms with Crippen LogP contribution in [0, 0.1) is 0 Å². The second-order valence-corrected chi connectivity index (χ2v) is 2.81. The summed E-state index contributed by atoms with van der Waals surface area (Å²) in [5, 5.41) is 0.